The topological polar surface area (TPSA) is 104 Å². The van der Waals surface area contributed by atoms with Gasteiger partial charge in [-0.25, -0.2) is 4.79 Å². The van der Waals surface area contributed by atoms with Gasteiger partial charge in [-0.3, -0.25) is 14.5 Å². The van der Waals surface area contributed by atoms with Gasteiger partial charge >= 0.3 is 6.03 Å². The van der Waals surface area contributed by atoms with E-state index < -0.39 is 12.1 Å². The third-order valence-electron chi connectivity index (χ3n) is 5.70. The Balaban J connectivity index is 1.24. The number of nitrogens with zero attached hydrogens (tertiary/aromatic N) is 1. The van der Waals surface area contributed by atoms with Gasteiger partial charge in [0.05, 0.1) is 7.11 Å². The first kappa shape index (κ1) is 21.4. The molecule has 1 aromatic heterocycles. The summed E-state index contributed by atoms with van der Waals surface area (Å²) in [7, 11) is 1.60. The first-order valence-electron chi connectivity index (χ1n) is 10.6. The number of aromatic amines is 1. The second-order valence-corrected chi connectivity index (χ2v) is 7.76. The summed E-state index contributed by atoms with van der Waals surface area (Å²) in [4.78, 5) is 41.6. The summed E-state index contributed by atoms with van der Waals surface area (Å²) in [6.07, 6.45) is 2.90. The fraction of sp³-hybridized carbons (Fsp3) is 0.292. The monoisotopic (exact) mass is 434 g/mol. The van der Waals surface area contributed by atoms with Crippen LogP contribution < -0.4 is 15.4 Å². The van der Waals surface area contributed by atoms with Crippen LogP contribution in [0, 0.1) is 0 Å². The predicted octanol–water partition coefficient (Wildman–Crippen LogP) is 2.74. The van der Waals surface area contributed by atoms with E-state index in [1.165, 1.54) is 4.90 Å². The van der Waals surface area contributed by atoms with E-state index in [0.29, 0.717) is 19.5 Å². The molecule has 166 valence electrons. The third kappa shape index (κ3) is 4.74. The van der Waals surface area contributed by atoms with Gasteiger partial charge in [0, 0.05) is 36.6 Å². The number of fused-ring (bicyclic) bond motifs is 1. The smallest absolute Gasteiger partial charge is 0.324 e. The van der Waals surface area contributed by atoms with Gasteiger partial charge in [0.15, 0.2) is 0 Å². The van der Waals surface area contributed by atoms with Crippen LogP contribution in [0.1, 0.15) is 24.0 Å². The molecule has 0 spiro atoms. The molecule has 8 heteroatoms. The Hall–Kier alpha value is -3.81. The summed E-state index contributed by atoms with van der Waals surface area (Å²) < 4.78 is 5.12. The molecule has 1 saturated heterocycles. The summed E-state index contributed by atoms with van der Waals surface area (Å²) in [5.74, 6) is 0.308. The number of urea groups is 1. The van der Waals surface area contributed by atoms with Crippen LogP contribution in [0.2, 0.25) is 0 Å². The Labute approximate surface area is 185 Å². The maximum absolute atomic E-state index is 12.7. The molecule has 0 radical (unpaired) electrons. The van der Waals surface area contributed by atoms with Crippen LogP contribution in [-0.2, 0) is 22.6 Å². The van der Waals surface area contributed by atoms with Crippen molar-refractivity contribution >= 4 is 28.7 Å². The van der Waals surface area contributed by atoms with Gasteiger partial charge in [0.1, 0.15) is 11.8 Å². The summed E-state index contributed by atoms with van der Waals surface area (Å²) in [6, 6.07) is 14.3. The number of ether oxygens (including phenoxy) is 1. The molecule has 0 bridgehead atoms. The molecular formula is C24H26N4O4. The molecule has 1 unspecified atom stereocenters. The molecule has 8 nitrogen and oxygen atoms in total. The number of nitrogens with one attached hydrogen (secondary N) is 3. The lowest BCUT2D eigenvalue weighted by molar-refractivity contribution is -0.127. The van der Waals surface area contributed by atoms with E-state index in [4.69, 9.17) is 4.74 Å². The zero-order valence-electron chi connectivity index (χ0n) is 17.9. The van der Waals surface area contributed by atoms with Crippen LogP contribution in [0.3, 0.4) is 0 Å². The van der Waals surface area contributed by atoms with Crippen molar-refractivity contribution in [1.82, 2.24) is 20.5 Å². The Morgan fingerprint density at radius 3 is 2.69 bits per heavy atom. The molecule has 2 heterocycles. The van der Waals surface area contributed by atoms with Crippen LogP contribution in [0.15, 0.2) is 54.7 Å². The predicted molar refractivity (Wildman–Crippen MR) is 120 cm³/mol. The molecule has 1 aliphatic rings. The fourth-order valence-corrected chi connectivity index (χ4v) is 3.86. The zero-order valence-corrected chi connectivity index (χ0v) is 17.9. The maximum Gasteiger partial charge on any atom is 0.324 e. The van der Waals surface area contributed by atoms with Crippen molar-refractivity contribution in [3.05, 3.63) is 65.9 Å². The van der Waals surface area contributed by atoms with E-state index in [-0.39, 0.29) is 24.7 Å². The Kier molecular flexibility index (Phi) is 6.39. The highest BCUT2D eigenvalue weighted by Crippen LogP contribution is 2.19. The molecule has 1 atom stereocenters. The standard InChI is InChI=1S/C24H26N4O4/c1-32-18-8-6-16(7-9-18)14-26-22(29)11-10-21-23(30)28(24(31)27-21)13-12-17-15-25-20-5-3-2-4-19(17)20/h2-9,15,21,25H,10-14H2,1H3,(H,26,29)(H,27,31). The normalized spacial score (nSPS) is 15.8. The summed E-state index contributed by atoms with van der Waals surface area (Å²) in [5, 5.41) is 6.62. The first-order valence-corrected chi connectivity index (χ1v) is 10.6. The number of rotatable bonds is 9. The lowest BCUT2D eigenvalue weighted by Gasteiger charge is -2.13. The number of H-pyrrole nitrogens is 1. The number of hydrogen-bond donors (Lipinski definition) is 3. The third-order valence-corrected chi connectivity index (χ3v) is 5.70. The number of aromatic nitrogens is 1. The van der Waals surface area contributed by atoms with Crippen LogP contribution in [0.5, 0.6) is 5.75 Å². The Bertz CT molecular complexity index is 1120. The first-order chi connectivity index (χ1) is 15.5. The van der Waals surface area contributed by atoms with Gasteiger partial charge in [0.2, 0.25) is 5.91 Å². The molecule has 1 fully saturated rings. The molecule has 0 aliphatic carbocycles. The number of benzene rings is 2. The average Bonchev–Trinajstić information content (AvgIpc) is 3.35. The summed E-state index contributed by atoms with van der Waals surface area (Å²) >= 11 is 0. The number of carbonyl (C=O) groups excluding carboxylic acids is 3. The number of hydrogen-bond acceptors (Lipinski definition) is 4. The Morgan fingerprint density at radius 1 is 1.12 bits per heavy atom. The van der Waals surface area contributed by atoms with E-state index in [0.717, 1.165) is 27.8 Å². The van der Waals surface area contributed by atoms with Crippen molar-refractivity contribution < 1.29 is 19.1 Å². The lowest BCUT2D eigenvalue weighted by atomic mass is 10.1. The molecule has 3 N–H and O–H groups in total. The number of imide groups is 1. The van der Waals surface area contributed by atoms with E-state index in [2.05, 4.69) is 15.6 Å². The molecule has 0 saturated carbocycles. The summed E-state index contributed by atoms with van der Waals surface area (Å²) in [6.45, 7) is 0.692. The number of methoxy groups -OCH3 is 1. The van der Waals surface area contributed by atoms with E-state index in [9.17, 15) is 14.4 Å². The number of carbonyl (C=O) groups is 3. The average molecular weight is 434 g/mol. The zero-order chi connectivity index (χ0) is 22.5. The highest BCUT2D eigenvalue weighted by molar-refractivity contribution is 6.04. The van der Waals surface area contributed by atoms with E-state index in [1.807, 2.05) is 54.7 Å². The fourth-order valence-electron chi connectivity index (χ4n) is 3.86. The molecule has 2 aromatic carbocycles. The number of para-hydroxylation sites is 1. The quantitative estimate of drug-likeness (QED) is 0.451. The van der Waals surface area contributed by atoms with Crippen molar-refractivity contribution in [2.45, 2.75) is 31.8 Å². The minimum absolute atomic E-state index is 0.156. The van der Waals surface area contributed by atoms with Gasteiger partial charge in [0.25, 0.3) is 5.91 Å². The van der Waals surface area contributed by atoms with E-state index >= 15 is 0 Å². The molecule has 1 aliphatic heterocycles. The maximum atomic E-state index is 12.7. The van der Waals surface area contributed by atoms with Gasteiger partial charge < -0.3 is 20.4 Å². The molecule has 32 heavy (non-hydrogen) atoms. The van der Waals surface area contributed by atoms with Crippen molar-refractivity contribution in [1.29, 1.82) is 0 Å². The van der Waals surface area contributed by atoms with Gasteiger partial charge in [-0.05, 0) is 42.2 Å². The minimum Gasteiger partial charge on any atom is -0.497 e. The summed E-state index contributed by atoms with van der Waals surface area (Å²) in [5.41, 5.74) is 3.04. The molecular weight excluding hydrogens is 408 g/mol. The second kappa shape index (κ2) is 9.55. The van der Waals surface area contributed by atoms with E-state index in [1.54, 1.807) is 7.11 Å². The van der Waals surface area contributed by atoms with Crippen molar-refractivity contribution in [3.8, 4) is 5.75 Å². The van der Waals surface area contributed by atoms with Crippen molar-refractivity contribution in [3.63, 3.8) is 0 Å². The van der Waals surface area contributed by atoms with Crippen LogP contribution in [0.4, 0.5) is 4.79 Å². The highest BCUT2D eigenvalue weighted by Gasteiger charge is 2.37. The van der Waals surface area contributed by atoms with Crippen molar-refractivity contribution in [2.24, 2.45) is 0 Å². The lowest BCUT2D eigenvalue weighted by Crippen LogP contribution is -2.33. The second-order valence-electron chi connectivity index (χ2n) is 7.76. The molecule has 3 aromatic rings. The largest absolute Gasteiger partial charge is 0.497 e. The molecule has 4 rings (SSSR count). The van der Waals surface area contributed by atoms with Gasteiger partial charge in [-0.2, -0.15) is 0 Å². The van der Waals surface area contributed by atoms with Gasteiger partial charge in [-0.15, -0.1) is 0 Å². The van der Waals surface area contributed by atoms with Gasteiger partial charge in [-0.1, -0.05) is 30.3 Å². The van der Waals surface area contributed by atoms with Crippen molar-refractivity contribution in [2.75, 3.05) is 13.7 Å². The number of amides is 4. The SMILES string of the molecule is COc1ccc(CNC(=O)CCC2NC(=O)N(CCc3c[nH]c4ccccc34)C2=O)cc1. The highest BCUT2D eigenvalue weighted by atomic mass is 16.5. The van der Waals surface area contributed by atoms with Crippen LogP contribution >= 0.6 is 0 Å². The molecule has 4 amide bonds. The minimum atomic E-state index is -0.669. The van der Waals surface area contributed by atoms with Crippen LogP contribution in [-0.4, -0.2) is 47.4 Å². The Morgan fingerprint density at radius 2 is 1.91 bits per heavy atom. The van der Waals surface area contributed by atoms with Crippen LogP contribution in [0.25, 0.3) is 10.9 Å².